The van der Waals surface area contributed by atoms with Crippen LogP contribution in [0.5, 0.6) is 11.5 Å². The lowest BCUT2D eigenvalue weighted by Gasteiger charge is -2.07. The number of carbonyl (C=O) groups is 1. The third-order valence-electron chi connectivity index (χ3n) is 3.07. The lowest BCUT2D eigenvalue weighted by atomic mass is 10.2. The standard InChI is InChI=1S/C16H18N2O3/c1-11-10-18(12(2)17-11)16(19)8-6-13-5-7-14(20-3)15(9-13)21-4/h5-10H,1-4H3/b8-6+. The van der Waals surface area contributed by atoms with Crippen LogP contribution in [-0.2, 0) is 0 Å². The summed E-state index contributed by atoms with van der Waals surface area (Å²) in [5.41, 5.74) is 1.68. The van der Waals surface area contributed by atoms with Gasteiger partial charge in [-0.3, -0.25) is 9.36 Å². The van der Waals surface area contributed by atoms with Crippen molar-refractivity contribution < 1.29 is 14.3 Å². The van der Waals surface area contributed by atoms with Crippen LogP contribution in [0.3, 0.4) is 0 Å². The van der Waals surface area contributed by atoms with E-state index in [-0.39, 0.29) is 5.91 Å². The minimum atomic E-state index is -0.136. The number of imidazole rings is 1. The molecule has 0 saturated carbocycles. The van der Waals surface area contributed by atoms with Crippen molar-refractivity contribution in [2.24, 2.45) is 0 Å². The molecular formula is C16H18N2O3. The first-order valence-electron chi connectivity index (χ1n) is 6.52. The Labute approximate surface area is 123 Å². The van der Waals surface area contributed by atoms with Crippen LogP contribution >= 0.6 is 0 Å². The fraction of sp³-hybridized carbons (Fsp3) is 0.250. The Hall–Kier alpha value is -2.56. The maximum atomic E-state index is 12.1. The number of rotatable bonds is 4. The van der Waals surface area contributed by atoms with Crippen LogP contribution in [-0.4, -0.2) is 29.7 Å². The summed E-state index contributed by atoms with van der Waals surface area (Å²) in [5, 5.41) is 0. The highest BCUT2D eigenvalue weighted by atomic mass is 16.5. The molecule has 0 fully saturated rings. The molecule has 110 valence electrons. The van der Waals surface area contributed by atoms with E-state index in [0.29, 0.717) is 17.3 Å². The summed E-state index contributed by atoms with van der Waals surface area (Å²) in [5.74, 6) is 1.82. The van der Waals surface area contributed by atoms with Gasteiger partial charge in [0, 0.05) is 12.3 Å². The maximum Gasteiger partial charge on any atom is 0.256 e. The Kier molecular flexibility index (Phi) is 4.42. The molecule has 0 aliphatic rings. The predicted molar refractivity (Wildman–Crippen MR) is 80.9 cm³/mol. The Morgan fingerprint density at radius 2 is 1.90 bits per heavy atom. The zero-order valence-corrected chi connectivity index (χ0v) is 12.6. The molecule has 5 nitrogen and oxygen atoms in total. The molecule has 0 atom stereocenters. The normalized spacial score (nSPS) is 10.9. The molecule has 21 heavy (non-hydrogen) atoms. The van der Waals surface area contributed by atoms with Gasteiger partial charge in [-0.25, -0.2) is 4.98 Å². The molecule has 5 heteroatoms. The lowest BCUT2D eigenvalue weighted by molar-refractivity contribution is 0.0967. The van der Waals surface area contributed by atoms with Gasteiger partial charge in [0.15, 0.2) is 11.5 Å². The van der Waals surface area contributed by atoms with Gasteiger partial charge in [0.25, 0.3) is 5.91 Å². The van der Waals surface area contributed by atoms with Crippen molar-refractivity contribution >= 4 is 12.0 Å². The van der Waals surface area contributed by atoms with Crippen molar-refractivity contribution in [1.82, 2.24) is 9.55 Å². The molecule has 0 aliphatic carbocycles. The summed E-state index contributed by atoms with van der Waals surface area (Å²) >= 11 is 0. The van der Waals surface area contributed by atoms with Crippen LogP contribution in [0.4, 0.5) is 0 Å². The van der Waals surface area contributed by atoms with E-state index < -0.39 is 0 Å². The predicted octanol–water partition coefficient (Wildman–Crippen LogP) is 2.87. The summed E-state index contributed by atoms with van der Waals surface area (Å²) in [6.45, 7) is 3.66. The number of hydrogen-bond donors (Lipinski definition) is 0. The van der Waals surface area contributed by atoms with Gasteiger partial charge in [-0.15, -0.1) is 0 Å². The zero-order valence-electron chi connectivity index (χ0n) is 12.6. The molecule has 0 radical (unpaired) electrons. The average molecular weight is 286 g/mol. The first-order chi connectivity index (χ1) is 10.0. The monoisotopic (exact) mass is 286 g/mol. The number of aromatic nitrogens is 2. The molecular weight excluding hydrogens is 268 g/mol. The largest absolute Gasteiger partial charge is 0.493 e. The molecule has 0 unspecified atom stereocenters. The number of aryl methyl sites for hydroxylation is 2. The molecule has 2 rings (SSSR count). The van der Waals surface area contributed by atoms with Gasteiger partial charge < -0.3 is 9.47 Å². The Morgan fingerprint density at radius 3 is 2.48 bits per heavy atom. The first kappa shape index (κ1) is 14.8. The lowest BCUT2D eigenvalue weighted by Crippen LogP contribution is -2.07. The van der Waals surface area contributed by atoms with Gasteiger partial charge in [0.05, 0.1) is 19.9 Å². The van der Waals surface area contributed by atoms with E-state index in [9.17, 15) is 4.79 Å². The smallest absolute Gasteiger partial charge is 0.256 e. The minimum Gasteiger partial charge on any atom is -0.493 e. The molecule has 1 aromatic carbocycles. The number of benzene rings is 1. The number of hydrogen-bond acceptors (Lipinski definition) is 4. The molecule has 0 N–H and O–H groups in total. The van der Waals surface area contributed by atoms with E-state index in [4.69, 9.17) is 9.47 Å². The SMILES string of the molecule is COc1ccc(/C=C/C(=O)n2cc(C)nc2C)cc1OC. The summed E-state index contributed by atoms with van der Waals surface area (Å²) in [6, 6.07) is 5.47. The molecule has 0 amide bonds. The zero-order chi connectivity index (χ0) is 15.4. The van der Waals surface area contributed by atoms with Crippen molar-refractivity contribution in [3.63, 3.8) is 0 Å². The van der Waals surface area contributed by atoms with E-state index in [1.54, 1.807) is 39.5 Å². The van der Waals surface area contributed by atoms with Gasteiger partial charge in [-0.1, -0.05) is 6.07 Å². The second-order valence-electron chi connectivity index (χ2n) is 4.59. The van der Waals surface area contributed by atoms with Gasteiger partial charge in [0.1, 0.15) is 5.82 Å². The van der Waals surface area contributed by atoms with Gasteiger partial charge in [-0.05, 0) is 37.6 Å². The van der Waals surface area contributed by atoms with E-state index >= 15 is 0 Å². The van der Waals surface area contributed by atoms with E-state index in [1.807, 2.05) is 19.1 Å². The quantitative estimate of drug-likeness (QED) is 0.811. The summed E-state index contributed by atoms with van der Waals surface area (Å²) in [7, 11) is 3.16. The van der Waals surface area contributed by atoms with Crippen molar-refractivity contribution in [2.75, 3.05) is 14.2 Å². The number of allylic oxidation sites excluding steroid dienone is 1. The topological polar surface area (TPSA) is 53.4 Å². The van der Waals surface area contributed by atoms with Crippen molar-refractivity contribution in [3.8, 4) is 11.5 Å². The third kappa shape index (κ3) is 3.31. The highest BCUT2D eigenvalue weighted by molar-refractivity contribution is 5.94. The number of carbonyl (C=O) groups excluding carboxylic acids is 1. The average Bonchev–Trinajstić information content (AvgIpc) is 2.83. The first-order valence-corrected chi connectivity index (χ1v) is 6.52. The minimum absolute atomic E-state index is 0.136. The summed E-state index contributed by atoms with van der Waals surface area (Å²) < 4.78 is 11.9. The van der Waals surface area contributed by atoms with E-state index in [0.717, 1.165) is 11.3 Å². The molecule has 1 aromatic heterocycles. The van der Waals surface area contributed by atoms with Crippen molar-refractivity contribution in [1.29, 1.82) is 0 Å². The van der Waals surface area contributed by atoms with Crippen LogP contribution in [0.25, 0.3) is 6.08 Å². The van der Waals surface area contributed by atoms with E-state index in [1.165, 1.54) is 10.6 Å². The Bertz CT molecular complexity index is 687. The third-order valence-corrected chi connectivity index (χ3v) is 3.07. The molecule has 0 saturated heterocycles. The number of nitrogens with zero attached hydrogens (tertiary/aromatic N) is 2. The van der Waals surface area contributed by atoms with Crippen LogP contribution in [0.2, 0.25) is 0 Å². The van der Waals surface area contributed by atoms with Gasteiger partial charge >= 0.3 is 0 Å². The van der Waals surface area contributed by atoms with Crippen LogP contribution in [0, 0.1) is 13.8 Å². The highest BCUT2D eigenvalue weighted by Crippen LogP contribution is 2.27. The summed E-state index contributed by atoms with van der Waals surface area (Å²) in [4.78, 5) is 16.3. The Balaban J connectivity index is 2.21. The number of methoxy groups -OCH3 is 2. The second-order valence-corrected chi connectivity index (χ2v) is 4.59. The highest BCUT2D eigenvalue weighted by Gasteiger charge is 2.07. The fourth-order valence-electron chi connectivity index (χ4n) is 2.05. The molecule has 1 heterocycles. The molecule has 0 bridgehead atoms. The molecule has 0 spiro atoms. The van der Waals surface area contributed by atoms with Crippen LogP contribution < -0.4 is 9.47 Å². The van der Waals surface area contributed by atoms with Crippen LogP contribution in [0.15, 0.2) is 30.5 Å². The molecule has 2 aromatic rings. The van der Waals surface area contributed by atoms with Crippen LogP contribution in [0.1, 0.15) is 21.9 Å². The van der Waals surface area contributed by atoms with Gasteiger partial charge in [0.2, 0.25) is 0 Å². The number of ether oxygens (including phenoxy) is 2. The maximum absolute atomic E-state index is 12.1. The van der Waals surface area contributed by atoms with Crippen molar-refractivity contribution in [3.05, 3.63) is 47.6 Å². The van der Waals surface area contributed by atoms with Crippen molar-refractivity contribution in [2.45, 2.75) is 13.8 Å². The van der Waals surface area contributed by atoms with Gasteiger partial charge in [-0.2, -0.15) is 0 Å². The van der Waals surface area contributed by atoms with E-state index in [2.05, 4.69) is 4.98 Å². The molecule has 0 aliphatic heterocycles. The Morgan fingerprint density at radius 1 is 1.19 bits per heavy atom. The summed E-state index contributed by atoms with van der Waals surface area (Å²) in [6.07, 6.45) is 4.96. The fourth-order valence-corrected chi connectivity index (χ4v) is 2.05. The second kappa shape index (κ2) is 6.26.